The zero-order valence-electron chi connectivity index (χ0n) is 19.1. The summed E-state index contributed by atoms with van der Waals surface area (Å²) in [5, 5.41) is 2.57. The molecule has 35 heavy (non-hydrogen) atoms. The third-order valence-corrected chi connectivity index (χ3v) is 5.86. The van der Waals surface area contributed by atoms with E-state index in [0.717, 1.165) is 4.90 Å². The van der Waals surface area contributed by atoms with Crippen LogP contribution in [0, 0.1) is 11.8 Å². The molecule has 9 heteroatoms. The molecule has 0 aromatic heterocycles. The molecule has 1 fully saturated rings. The molecule has 2 aromatic carbocycles. The van der Waals surface area contributed by atoms with Crippen LogP contribution in [0.25, 0.3) is 0 Å². The first-order valence-electron chi connectivity index (χ1n) is 11.3. The largest absolute Gasteiger partial charge is 0.462 e. The van der Waals surface area contributed by atoms with Crippen LogP contribution in [0.2, 0.25) is 0 Å². The molecule has 3 amide bonds. The van der Waals surface area contributed by atoms with Crippen LogP contribution in [0.15, 0.2) is 60.7 Å². The van der Waals surface area contributed by atoms with Gasteiger partial charge in [0.2, 0.25) is 11.8 Å². The van der Waals surface area contributed by atoms with E-state index >= 15 is 0 Å². The number of allylic oxidation sites excluding steroid dienone is 2. The van der Waals surface area contributed by atoms with E-state index < -0.39 is 24.5 Å². The number of esters is 2. The smallest absolute Gasteiger partial charge is 0.338 e. The monoisotopic (exact) mass is 476 g/mol. The van der Waals surface area contributed by atoms with Gasteiger partial charge in [-0.05, 0) is 62.2 Å². The van der Waals surface area contributed by atoms with Crippen molar-refractivity contribution in [1.82, 2.24) is 0 Å². The molecule has 2 aliphatic rings. The number of carbonyl (C=O) groups excluding carboxylic acids is 5. The van der Waals surface area contributed by atoms with Crippen molar-refractivity contribution in [3.8, 4) is 0 Å². The molecule has 0 unspecified atom stereocenters. The second-order valence-corrected chi connectivity index (χ2v) is 8.14. The van der Waals surface area contributed by atoms with Gasteiger partial charge in [0.1, 0.15) is 0 Å². The lowest BCUT2D eigenvalue weighted by atomic mass is 9.85. The van der Waals surface area contributed by atoms with E-state index in [4.69, 9.17) is 9.47 Å². The summed E-state index contributed by atoms with van der Waals surface area (Å²) in [6.07, 6.45) is 4.86. The molecule has 9 nitrogen and oxygen atoms in total. The number of ether oxygens (including phenoxy) is 2. The number of hydrogen-bond acceptors (Lipinski definition) is 7. The van der Waals surface area contributed by atoms with E-state index in [9.17, 15) is 24.0 Å². The standard InChI is InChI=1S/C26H24N2O7/c1-2-34-25(32)16-10-12-18(13-11-16)27-22(29)15-35-26(33)17-6-5-7-19(14-17)28-23(30)20-8-3-4-9-21(20)24(28)31/h3-7,10-14,20-21H,2,8-9,15H2,1H3,(H,27,29)/t20-,21-/m0/s1. The van der Waals surface area contributed by atoms with Gasteiger partial charge in [-0.1, -0.05) is 18.2 Å². The van der Waals surface area contributed by atoms with Crippen LogP contribution in [-0.4, -0.2) is 42.9 Å². The molecule has 180 valence electrons. The van der Waals surface area contributed by atoms with Gasteiger partial charge in [0.15, 0.2) is 6.61 Å². The van der Waals surface area contributed by atoms with Crippen molar-refractivity contribution in [1.29, 1.82) is 0 Å². The maximum Gasteiger partial charge on any atom is 0.338 e. The SMILES string of the molecule is CCOC(=O)c1ccc(NC(=O)COC(=O)c2cccc(N3C(=O)[C@H]4CC=CC[C@@H]4C3=O)c2)cc1. The van der Waals surface area contributed by atoms with E-state index in [0.29, 0.717) is 29.8 Å². The minimum absolute atomic E-state index is 0.114. The van der Waals surface area contributed by atoms with Crippen molar-refractivity contribution in [2.24, 2.45) is 11.8 Å². The number of hydrogen-bond donors (Lipinski definition) is 1. The molecule has 2 aromatic rings. The van der Waals surface area contributed by atoms with Gasteiger partial charge in [0.25, 0.3) is 5.91 Å². The lowest BCUT2D eigenvalue weighted by Gasteiger charge is -2.15. The van der Waals surface area contributed by atoms with E-state index in [1.807, 2.05) is 12.2 Å². The van der Waals surface area contributed by atoms with E-state index in [1.165, 1.54) is 36.4 Å². The predicted octanol–water partition coefficient (Wildman–Crippen LogP) is 3.11. The molecule has 2 atom stereocenters. The van der Waals surface area contributed by atoms with Crippen molar-refractivity contribution in [3.63, 3.8) is 0 Å². The summed E-state index contributed by atoms with van der Waals surface area (Å²) < 4.78 is 10.0. The second-order valence-electron chi connectivity index (χ2n) is 8.14. The summed E-state index contributed by atoms with van der Waals surface area (Å²) in [5.41, 5.74) is 1.18. The number of benzene rings is 2. The average molecular weight is 476 g/mol. The zero-order chi connectivity index (χ0) is 24.9. The van der Waals surface area contributed by atoms with Crippen LogP contribution in [0.3, 0.4) is 0 Å². The van der Waals surface area contributed by atoms with Crippen LogP contribution < -0.4 is 10.2 Å². The Balaban J connectivity index is 1.35. The lowest BCUT2D eigenvalue weighted by molar-refractivity contribution is -0.122. The highest BCUT2D eigenvalue weighted by Gasteiger charge is 2.47. The summed E-state index contributed by atoms with van der Waals surface area (Å²) in [6, 6.07) is 12.1. The molecule has 1 aliphatic carbocycles. The molecule has 1 aliphatic heterocycles. The van der Waals surface area contributed by atoms with E-state index in [-0.39, 0.29) is 35.8 Å². The maximum atomic E-state index is 12.8. The Morgan fingerprint density at radius 2 is 1.51 bits per heavy atom. The third-order valence-electron chi connectivity index (χ3n) is 5.86. The minimum atomic E-state index is -0.766. The molecule has 4 rings (SSSR count). The number of amides is 3. The van der Waals surface area contributed by atoms with Gasteiger partial charge < -0.3 is 14.8 Å². The Morgan fingerprint density at radius 3 is 2.14 bits per heavy atom. The Morgan fingerprint density at radius 1 is 0.886 bits per heavy atom. The van der Waals surface area contributed by atoms with Gasteiger partial charge in [-0.15, -0.1) is 0 Å². The first kappa shape index (κ1) is 23.9. The van der Waals surface area contributed by atoms with Crippen molar-refractivity contribution >= 4 is 41.0 Å². The molecular formula is C26H24N2O7. The minimum Gasteiger partial charge on any atom is -0.462 e. The van der Waals surface area contributed by atoms with Crippen molar-refractivity contribution in [3.05, 3.63) is 71.8 Å². The van der Waals surface area contributed by atoms with Gasteiger partial charge >= 0.3 is 11.9 Å². The molecular weight excluding hydrogens is 452 g/mol. The van der Waals surface area contributed by atoms with Crippen LogP contribution in [-0.2, 0) is 23.9 Å². The number of fused-ring (bicyclic) bond motifs is 1. The van der Waals surface area contributed by atoms with Gasteiger partial charge in [0, 0.05) is 5.69 Å². The Bertz CT molecular complexity index is 1180. The van der Waals surface area contributed by atoms with Gasteiger partial charge in [-0.2, -0.15) is 0 Å². The number of nitrogens with one attached hydrogen (secondary N) is 1. The van der Waals surface area contributed by atoms with E-state index in [2.05, 4.69) is 5.32 Å². The Kier molecular flexibility index (Phi) is 7.05. The number of imide groups is 1. The zero-order valence-corrected chi connectivity index (χ0v) is 19.1. The molecule has 0 bridgehead atoms. The lowest BCUT2D eigenvalue weighted by Crippen LogP contribution is -2.31. The fourth-order valence-corrected chi connectivity index (χ4v) is 4.14. The first-order valence-corrected chi connectivity index (χ1v) is 11.3. The summed E-state index contributed by atoms with van der Waals surface area (Å²) in [7, 11) is 0. The van der Waals surface area contributed by atoms with Crippen LogP contribution in [0.1, 0.15) is 40.5 Å². The second kappa shape index (κ2) is 10.3. The van der Waals surface area contributed by atoms with Crippen LogP contribution >= 0.6 is 0 Å². The topological polar surface area (TPSA) is 119 Å². The highest BCUT2D eigenvalue weighted by Crippen LogP contribution is 2.37. The van der Waals surface area contributed by atoms with Gasteiger partial charge in [-0.25, -0.2) is 9.59 Å². The van der Waals surface area contributed by atoms with Gasteiger partial charge in [0.05, 0.1) is 35.3 Å². The van der Waals surface area contributed by atoms with Gasteiger partial charge in [-0.3, -0.25) is 19.3 Å². The highest BCUT2D eigenvalue weighted by atomic mass is 16.5. The quantitative estimate of drug-likeness (QED) is 0.370. The number of carbonyl (C=O) groups is 5. The summed E-state index contributed by atoms with van der Waals surface area (Å²) in [6.45, 7) is 1.42. The molecule has 0 saturated carbocycles. The number of rotatable bonds is 7. The number of anilines is 2. The van der Waals surface area contributed by atoms with Crippen molar-refractivity contribution in [2.75, 3.05) is 23.4 Å². The third kappa shape index (κ3) is 5.13. The first-order chi connectivity index (χ1) is 16.9. The maximum absolute atomic E-state index is 12.8. The molecule has 0 spiro atoms. The number of nitrogens with zero attached hydrogens (tertiary/aromatic N) is 1. The Labute approximate surface area is 201 Å². The molecule has 1 heterocycles. The molecule has 1 saturated heterocycles. The summed E-state index contributed by atoms with van der Waals surface area (Å²) >= 11 is 0. The molecule has 1 N–H and O–H groups in total. The average Bonchev–Trinajstić information content (AvgIpc) is 3.13. The van der Waals surface area contributed by atoms with Crippen molar-refractivity contribution in [2.45, 2.75) is 19.8 Å². The van der Waals surface area contributed by atoms with Crippen LogP contribution in [0.4, 0.5) is 11.4 Å². The summed E-state index contributed by atoms with van der Waals surface area (Å²) in [5.74, 6) is -3.10. The fraction of sp³-hybridized carbons (Fsp3) is 0.269. The molecule has 0 radical (unpaired) electrons. The van der Waals surface area contributed by atoms with E-state index in [1.54, 1.807) is 19.1 Å². The van der Waals surface area contributed by atoms with Crippen molar-refractivity contribution < 1.29 is 33.4 Å². The fourth-order valence-electron chi connectivity index (χ4n) is 4.14. The summed E-state index contributed by atoms with van der Waals surface area (Å²) in [4.78, 5) is 63.1. The Hall–Kier alpha value is -4.27. The highest BCUT2D eigenvalue weighted by molar-refractivity contribution is 6.22. The predicted molar refractivity (Wildman–Crippen MR) is 126 cm³/mol. The normalized spacial score (nSPS) is 18.7. The van der Waals surface area contributed by atoms with Crippen LogP contribution in [0.5, 0.6) is 0 Å².